The Morgan fingerprint density at radius 1 is 1.25 bits per heavy atom. The molecule has 1 rings (SSSR count). The second-order valence-corrected chi connectivity index (χ2v) is 3.17. The summed E-state index contributed by atoms with van der Waals surface area (Å²) >= 11 is 0. The van der Waals surface area contributed by atoms with Crippen molar-refractivity contribution in [2.24, 2.45) is 0 Å². The molecule has 1 aromatic carbocycles. The first-order chi connectivity index (χ1) is 5.86. The molecule has 0 heterocycles. The molecule has 0 spiro atoms. The van der Waals surface area contributed by atoms with Crippen molar-refractivity contribution >= 4 is 10.5 Å². The number of hydrogen-bond acceptors (Lipinski definition) is 2. The van der Waals surface area contributed by atoms with Gasteiger partial charge in [0.25, 0.3) is 0 Å². The summed E-state index contributed by atoms with van der Waals surface area (Å²) in [6, 6.07) is 8.09. The van der Waals surface area contributed by atoms with Crippen LogP contribution in [-0.2, 0) is 10.8 Å². The van der Waals surface area contributed by atoms with E-state index in [2.05, 4.69) is 12.1 Å². The van der Waals surface area contributed by atoms with Crippen LogP contribution in [0.3, 0.4) is 0 Å². The van der Waals surface area contributed by atoms with E-state index in [0.717, 1.165) is 29.3 Å². The predicted octanol–water partition coefficient (Wildman–Crippen LogP) is 0.535. The molecule has 0 amide bonds. The molecular weight excluding hydrogens is 168 g/mol. The third kappa shape index (κ3) is 2.68. The molecule has 0 saturated heterocycles. The predicted molar refractivity (Wildman–Crippen MR) is 52.6 cm³/mol. The lowest BCUT2D eigenvalue weighted by Gasteiger charge is -2.02. The van der Waals surface area contributed by atoms with Crippen LogP contribution in [0.1, 0.15) is 5.56 Å². The highest BCUT2D eigenvalue weighted by atomic mass is 28.2. The highest BCUT2D eigenvalue weighted by Crippen LogP contribution is 2.11. The minimum Gasteiger partial charge on any atom is -0.497 e. The number of methoxy groups -OCH3 is 1. The molecule has 2 nitrogen and oxygen atoms in total. The van der Waals surface area contributed by atoms with Gasteiger partial charge in [0.2, 0.25) is 0 Å². The maximum Gasteiger partial charge on any atom is 0.145 e. The van der Waals surface area contributed by atoms with Crippen LogP contribution in [-0.4, -0.2) is 24.2 Å². The van der Waals surface area contributed by atoms with Crippen LogP contribution in [0.4, 0.5) is 0 Å². The van der Waals surface area contributed by atoms with E-state index in [4.69, 9.17) is 9.16 Å². The van der Waals surface area contributed by atoms with Gasteiger partial charge >= 0.3 is 0 Å². The van der Waals surface area contributed by atoms with Gasteiger partial charge in [-0.2, -0.15) is 0 Å². The molecule has 0 aliphatic rings. The van der Waals surface area contributed by atoms with Crippen LogP contribution >= 0.6 is 0 Å². The Bertz CT molecular complexity index is 220. The normalized spacial score (nSPS) is 10.1. The van der Waals surface area contributed by atoms with Crippen LogP contribution in [0, 0.1) is 0 Å². The van der Waals surface area contributed by atoms with Crippen molar-refractivity contribution in [1.29, 1.82) is 0 Å². The quantitative estimate of drug-likeness (QED) is 0.633. The molecule has 0 radical (unpaired) electrons. The van der Waals surface area contributed by atoms with Crippen molar-refractivity contribution in [2.75, 3.05) is 13.7 Å². The van der Waals surface area contributed by atoms with Crippen LogP contribution in [0.15, 0.2) is 24.3 Å². The molecule has 0 fully saturated rings. The lowest BCUT2D eigenvalue weighted by atomic mass is 10.1. The fourth-order valence-electron chi connectivity index (χ4n) is 1.01. The summed E-state index contributed by atoms with van der Waals surface area (Å²) in [5.74, 6) is 0.908. The zero-order valence-corrected chi connectivity index (χ0v) is 9.54. The van der Waals surface area contributed by atoms with E-state index in [1.807, 2.05) is 12.1 Å². The second kappa shape index (κ2) is 4.95. The van der Waals surface area contributed by atoms with Crippen molar-refractivity contribution in [3.05, 3.63) is 29.8 Å². The fourth-order valence-corrected chi connectivity index (χ4v) is 1.22. The van der Waals surface area contributed by atoms with E-state index in [1.165, 1.54) is 5.56 Å². The summed E-state index contributed by atoms with van der Waals surface area (Å²) in [4.78, 5) is 0. The summed E-state index contributed by atoms with van der Waals surface area (Å²) in [5, 5.41) is 0. The first-order valence-electron chi connectivity index (χ1n) is 3.98. The molecule has 1 aromatic rings. The Balaban J connectivity index is 2.53. The Morgan fingerprint density at radius 3 is 2.42 bits per heavy atom. The standard InChI is InChI=1S/C9H14O2Si/c1-10-9-4-2-8(3-5-9)6-7-11-12/h2-5H,6-7H2,1,12H3. The molecular formula is C9H14O2Si. The Labute approximate surface area is 76.0 Å². The minimum absolute atomic E-state index is 0.824. The van der Waals surface area contributed by atoms with Crippen molar-refractivity contribution in [3.63, 3.8) is 0 Å². The summed E-state index contributed by atoms with van der Waals surface area (Å²) in [6.07, 6.45) is 0.994. The Hall–Kier alpha value is -0.803. The first kappa shape index (κ1) is 9.29. The van der Waals surface area contributed by atoms with Gasteiger partial charge in [0, 0.05) is 6.61 Å². The highest BCUT2D eigenvalue weighted by molar-refractivity contribution is 5.97. The van der Waals surface area contributed by atoms with Crippen LogP contribution in [0.2, 0.25) is 0 Å². The van der Waals surface area contributed by atoms with Crippen molar-refractivity contribution in [1.82, 2.24) is 0 Å². The van der Waals surface area contributed by atoms with Crippen LogP contribution < -0.4 is 4.74 Å². The average Bonchev–Trinajstić information content (AvgIpc) is 2.15. The molecule has 0 saturated carbocycles. The van der Waals surface area contributed by atoms with Crippen molar-refractivity contribution < 1.29 is 9.16 Å². The zero-order valence-electron chi connectivity index (χ0n) is 7.54. The Kier molecular flexibility index (Phi) is 3.83. The molecule has 0 aliphatic heterocycles. The van der Waals surface area contributed by atoms with Gasteiger partial charge in [-0.05, 0) is 24.1 Å². The molecule has 66 valence electrons. The number of hydrogen-bond donors (Lipinski definition) is 0. The van der Waals surface area contributed by atoms with E-state index >= 15 is 0 Å². The maximum atomic E-state index is 5.11. The maximum absolute atomic E-state index is 5.11. The van der Waals surface area contributed by atoms with Gasteiger partial charge in [-0.15, -0.1) is 0 Å². The van der Waals surface area contributed by atoms with Gasteiger partial charge in [-0.1, -0.05) is 12.1 Å². The molecule has 0 unspecified atom stereocenters. The summed E-state index contributed by atoms with van der Waals surface area (Å²) in [7, 11) is 2.50. The van der Waals surface area contributed by atoms with Crippen molar-refractivity contribution in [3.8, 4) is 5.75 Å². The van der Waals surface area contributed by atoms with E-state index in [-0.39, 0.29) is 0 Å². The van der Waals surface area contributed by atoms with E-state index in [9.17, 15) is 0 Å². The van der Waals surface area contributed by atoms with Crippen LogP contribution in [0.5, 0.6) is 5.75 Å². The number of ether oxygens (including phenoxy) is 1. The third-order valence-corrected chi connectivity index (χ3v) is 2.16. The SMILES string of the molecule is COc1ccc(CCO[SiH3])cc1. The van der Waals surface area contributed by atoms with Gasteiger partial charge in [-0.3, -0.25) is 0 Å². The number of benzene rings is 1. The van der Waals surface area contributed by atoms with Gasteiger partial charge in [0.05, 0.1) is 7.11 Å². The van der Waals surface area contributed by atoms with Gasteiger partial charge in [0.15, 0.2) is 0 Å². The smallest absolute Gasteiger partial charge is 0.145 e. The topological polar surface area (TPSA) is 18.5 Å². The lowest BCUT2D eigenvalue weighted by Crippen LogP contribution is -1.94. The van der Waals surface area contributed by atoms with Crippen molar-refractivity contribution in [2.45, 2.75) is 6.42 Å². The summed E-state index contributed by atoms with van der Waals surface area (Å²) in [5.41, 5.74) is 1.30. The molecule has 0 atom stereocenters. The molecule has 0 aromatic heterocycles. The van der Waals surface area contributed by atoms with E-state index in [0.29, 0.717) is 0 Å². The summed E-state index contributed by atoms with van der Waals surface area (Å²) < 4.78 is 10.2. The molecule has 0 bridgehead atoms. The number of rotatable bonds is 4. The monoisotopic (exact) mass is 182 g/mol. The van der Waals surface area contributed by atoms with Gasteiger partial charge < -0.3 is 9.16 Å². The largest absolute Gasteiger partial charge is 0.497 e. The molecule has 3 heteroatoms. The fraction of sp³-hybridized carbons (Fsp3) is 0.333. The Morgan fingerprint density at radius 2 is 1.92 bits per heavy atom. The second-order valence-electron chi connectivity index (χ2n) is 2.59. The minimum atomic E-state index is 0.824. The zero-order chi connectivity index (χ0) is 8.81. The molecule has 0 N–H and O–H groups in total. The van der Waals surface area contributed by atoms with Gasteiger partial charge in [-0.25, -0.2) is 0 Å². The lowest BCUT2D eigenvalue weighted by molar-refractivity contribution is 0.354. The van der Waals surface area contributed by atoms with Gasteiger partial charge in [0.1, 0.15) is 16.2 Å². The molecule has 0 aliphatic carbocycles. The van der Waals surface area contributed by atoms with E-state index < -0.39 is 0 Å². The van der Waals surface area contributed by atoms with E-state index in [1.54, 1.807) is 7.11 Å². The van der Waals surface area contributed by atoms with Crippen LogP contribution in [0.25, 0.3) is 0 Å². The summed E-state index contributed by atoms with van der Waals surface area (Å²) in [6.45, 7) is 0.832. The third-order valence-electron chi connectivity index (χ3n) is 1.75. The highest BCUT2D eigenvalue weighted by Gasteiger charge is 1.92. The average molecular weight is 182 g/mol. The molecule has 12 heavy (non-hydrogen) atoms. The first-order valence-corrected chi connectivity index (χ1v) is 4.80.